The van der Waals surface area contributed by atoms with Crippen molar-refractivity contribution in [1.29, 1.82) is 0 Å². The number of aliphatic carboxylic acids is 1. The van der Waals surface area contributed by atoms with E-state index >= 15 is 4.79 Å². The van der Waals surface area contributed by atoms with Gasteiger partial charge in [0.15, 0.2) is 0 Å². The minimum Gasteiger partial charge on any atom is -0.508 e. The Kier molecular flexibility index (Phi) is 8.95. The lowest BCUT2D eigenvalue weighted by Gasteiger charge is -2.50. The van der Waals surface area contributed by atoms with Crippen LogP contribution in [-0.2, 0) is 29.4 Å². The molecule has 0 spiro atoms. The second-order valence-corrected chi connectivity index (χ2v) is 14.4. The van der Waals surface area contributed by atoms with Gasteiger partial charge in [-0.15, -0.1) is 0 Å². The average molecular weight is 714 g/mol. The highest BCUT2D eigenvalue weighted by Crippen LogP contribution is 2.64. The number of phenols is 1. The monoisotopic (exact) mass is 713 g/mol. The fraction of sp³-hybridized carbons (Fsp3) is 0.359. The summed E-state index contributed by atoms with van der Waals surface area (Å²) in [6.45, 7) is 1.92. The molecule has 0 aromatic heterocycles. The number of hydrazine groups is 1. The van der Waals surface area contributed by atoms with Gasteiger partial charge in [0.25, 0.3) is 11.8 Å². The molecule has 10 nitrogen and oxygen atoms in total. The molecule has 2 saturated heterocycles. The van der Waals surface area contributed by atoms with E-state index in [9.17, 15) is 28.7 Å². The van der Waals surface area contributed by atoms with Crippen molar-refractivity contribution in [3.05, 3.63) is 106 Å². The summed E-state index contributed by atoms with van der Waals surface area (Å²) in [5.41, 5.74) is 4.30. The molecule has 264 valence electrons. The normalized spacial score (nSPS) is 26.9. The molecule has 3 N–H and O–H groups in total. The van der Waals surface area contributed by atoms with E-state index < -0.39 is 58.6 Å². The van der Waals surface area contributed by atoms with E-state index in [4.69, 9.17) is 16.7 Å². The SMILES string of the molecule is Cc1cc(C2C3=CCC4C(=O)N(CCCCCC(=O)O)C(=O)C4C3CC3C(=O)N(Nc4ccc(F)cc4)C(=O)C32c2ccc(Cl)cc2)ccc1O. The van der Waals surface area contributed by atoms with Crippen molar-refractivity contribution < 1.29 is 38.6 Å². The summed E-state index contributed by atoms with van der Waals surface area (Å²) in [6, 6.07) is 17.2. The number of nitrogens with one attached hydrogen (secondary N) is 1. The fourth-order valence-electron chi connectivity index (χ4n) is 8.90. The van der Waals surface area contributed by atoms with Gasteiger partial charge in [-0.1, -0.05) is 53.9 Å². The van der Waals surface area contributed by atoms with Crippen LogP contribution in [0.2, 0.25) is 5.02 Å². The molecule has 0 bridgehead atoms. The minimum atomic E-state index is -1.51. The first-order valence-corrected chi connectivity index (χ1v) is 17.5. The van der Waals surface area contributed by atoms with Gasteiger partial charge in [-0.05, 0) is 97.7 Å². The molecular formula is C39H37ClFN3O7. The van der Waals surface area contributed by atoms with Gasteiger partial charge in [0, 0.05) is 23.9 Å². The second kappa shape index (κ2) is 13.3. The smallest absolute Gasteiger partial charge is 0.303 e. The zero-order valence-corrected chi connectivity index (χ0v) is 28.6. The number of fused-ring (bicyclic) bond motifs is 4. The molecule has 7 rings (SSSR count). The zero-order valence-electron chi connectivity index (χ0n) is 27.9. The summed E-state index contributed by atoms with van der Waals surface area (Å²) in [5, 5.41) is 20.9. The Balaban J connectivity index is 1.35. The van der Waals surface area contributed by atoms with Crippen LogP contribution < -0.4 is 5.43 Å². The first-order chi connectivity index (χ1) is 24.4. The number of hydrogen-bond acceptors (Lipinski definition) is 7. The van der Waals surface area contributed by atoms with Gasteiger partial charge in [-0.3, -0.25) is 34.3 Å². The highest BCUT2D eigenvalue weighted by atomic mass is 35.5. The molecule has 3 aromatic rings. The van der Waals surface area contributed by atoms with Gasteiger partial charge in [0.05, 0.1) is 28.9 Å². The van der Waals surface area contributed by atoms with E-state index in [-0.39, 0.29) is 43.4 Å². The Morgan fingerprint density at radius 3 is 2.35 bits per heavy atom. The van der Waals surface area contributed by atoms with Crippen molar-refractivity contribution in [3.63, 3.8) is 0 Å². The number of carbonyl (C=O) groups is 5. The van der Waals surface area contributed by atoms with Gasteiger partial charge in [-0.2, -0.15) is 5.01 Å². The molecule has 2 aliphatic carbocycles. The number of allylic oxidation sites excluding steroid dienone is 2. The lowest BCUT2D eigenvalue weighted by Crippen LogP contribution is -2.53. The molecule has 2 heterocycles. The maximum atomic E-state index is 15.1. The molecule has 1 saturated carbocycles. The Morgan fingerprint density at radius 1 is 0.941 bits per heavy atom. The minimum absolute atomic E-state index is 0.0111. The van der Waals surface area contributed by atoms with E-state index in [1.165, 1.54) is 29.2 Å². The van der Waals surface area contributed by atoms with Crippen LogP contribution in [0.4, 0.5) is 10.1 Å². The molecule has 3 aromatic carbocycles. The highest BCUT2D eigenvalue weighted by molar-refractivity contribution is 6.30. The number of hydrogen-bond donors (Lipinski definition) is 3. The van der Waals surface area contributed by atoms with E-state index in [1.807, 2.05) is 6.08 Å². The topological polar surface area (TPSA) is 144 Å². The number of carboxylic acids is 1. The van der Waals surface area contributed by atoms with Gasteiger partial charge in [-0.25, -0.2) is 4.39 Å². The Bertz CT molecular complexity index is 1970. The molecule has 51 heavy (non-hydrogen) atoms. The number of carboxylic acid groups (broad SMARTS) is 1. The molecule has 6 unspecified atom stereocenters. The lowest BCUT2D eigenvalue weighted by molar-refractivity contribution is -0.141. The molecule has 3 fully saturated rings. The number of rotatable bonds is 10. The van der Waals surface area contributed by atoms with E-state index in [0.29, 0.717) is 46.7 Å². The summed E-state index contributed by atoms with van der Waals surface area (Å²) in [7, 11) is 0. The van der Waals surface area contributed by atoms with Crippen molar-refractivity contribution in [3.8, 4) is 5.75 Å². The fourth-order valence-corrected chi connectivity index (χ4v) is 9.02. The number of aromatic hydroxyl groups is 1. The van der Waals surface area contributed by atoms with Crippen molar-refractivity contribution in [1.82, 2.24) is 9.91 Å². The Labute approximate surface area is 298 Å². The van der Waals surface area contributed by atoms with Crippen LogP contribution in [0.3, 0.4) is 0 Å². The number of phenolic OH excluding ortho intramolecular Hbond substituents is 1. The van der Waals surface area contributed by atoms with Crippen LogP contribution in [0.1, 0.15) is 61.1 Å². The molecule has 0 radical (unpaired) electrons. The van der Waals surface area contributed by atoms with Gasteiger partial charge in [0.1, 0.15) is 11.6 Å². The standard InChI is InChI=1S/C39H37ClFN3O7/c1-21-19-22(6-17-31(21)45)34-27-15-16-28-33(37(50)43(35(28)48)18-4-2-3-5-32(46)47)29(27)20-30-36(49)44(42-26-13-11-25(41)12-14-26)38(51)39(30,34)23-7-9-24(40)10-8-23/h6-15,17,19,28-30,33-34,42,45H,2-5,16,18,20H2,1H3,(H,46,47). The van der Waals surface area contributed by atoms with E-state index in [0.717, 1.165) is 10.6 Å². The predicted octanol–water partition coefficient (Wildman–Crippen LogP) is 6.12. The number of amides is 4. The lowest BCUT2D eigenvalue weighted by atomic mass is 9.49. The van der Waals surface area contributed by atoms with Crippen molar-refractivity contribution in [2.24, 2.45) is 23.7 Å². The first kappa shape index (κ1) is 34.4. The third-order valence-electron chi connectivity index (χ3n) is 11.2. The number of benzene rings is 3. The Morgan fingerprint density at radius 2 is 1.67 bits per heavy atom. The molecule has 12 heteroatoms. The number of carbonyl (C=O) groups excluding carboxylic acids is 4. The van der Waals surface area contributed by atoms with Crippen molar-refractivity contribution in [2.45, 2.75) is 56.8 Å². The van der Waals surface area contributed by atoms with Crippen LogP contribution in [-0.4, -0.2) is 56.3 Å². The third kappa shape index (κ3) is 5.67. The van der Waals surface area contributed by atoms with E-state index in [1.54, 1.807) is 49.4 Å². The van der Waals surface area contributed by atoms with Crippen LogP contribution in [0.25, 0.3) is 0 Å². The van der Waals surface area contributed by atoms with Crippen LogP contribution in [0.5, 0.6) is 5.75 Å². The predicted molar refractivity (Wildman–Crippen MR) is 185 cm³/mol. The van der Waals surface area contributed by atoms with Crippen molar-refractivity contribution in [2.75, 3.05) is 12.0 Å². The maximum Gasteiger partial charge on any atom is 0.303 e. The van der Waals surface area contributed by atoms with Crippen LogP contribution >= 0.6 is 11.6 Å². The summed E-state index contributed by atoms with van der Waals surface area (Å²) in [4.78, 5) is 70.0. The van der Waals surface area contributed by atoms with Gasteiger partial charge >= 0.3 is 5.97 Å². The molecule has 6 atom stereocenters. The number of likely N-dealkylation sites (tertiary alicyclic amines) is 1. The van der Waals surface area contributed by atoms with E-state index in [2.05, 4.69) is 5.43 Å². The van der Waals surface area contributed by atoms with Crippen molar-refractivity contribution >= 4 is 46.9 Å². The summed E-state index contributed by atoms with van der Waals surface area (Å²) in [5.74, 6) is -6.65. The number of imide groups is 2. The number of nitrogens with zero attached hydrogens (tertiary/aromatic N) is 2. The second-order valence-electron chi connectivity index (χ2n) is 14.0. The Hall–Kier alpha value is -5.03. The maximum absolute atomic E-state index is 15.1. The van der Waals surface area contributed by atoms with Gasteiger partial charge < -0.3 is 10.2 Å². The average Bonchev–Trinajstić information content (AvgIpc) is 3.47. The molecular weight excluding hydrogens is 677 g/mol. The summed E-state index contributed by atoms with van der Waals surface area (Å²) in [6.07, 6.45) is 3.82. The quantitative estimate of drug-likeness (QED) is 0.130. The number of unbranched alkanes of at least 4 members (excludes halogenated alkanes) is 2. The third-order valence-corrected chi connectivity index (χ3v) is 11.4. The highest BCUT2D eigenvalue weighted by Gasteiger charge is 2.70. The van der Waals surface area contributed by atoms with Crippen LogP contribution in [0.15, 0.2) is 78.4 Å². The molecule has 4 aliphatic rings. The zero-order chi connectivity index (χ0) is 36.2. The summed E-state index contributed by atoms with van der Waals surface area (Å²) >= 11 is 6.33. The van der Waals surface area contributed by atoms with Gasteiger partial charge in [0.2, 0.25) is 11.8 Å². The molecule has 2 aliphatic heterocycles. The largest absolute Gasteiger partial charge is 0.508 e. The summed E-state index contributed by atoms with van der Waals surface area (Å²) < 4.78 is 13.8. The molecule has 4 amide bonds. The van der Waals surface area contributed by atoms with Crippen LogP contribution in [0, 0.1) is 36.4 Å². The first-order valence-electron chi connectivity index (χ1n) is 17.2. The number of aryl methyl sites for hydroxylation is 1. The number of anilines is 1. The number of halogens is 2.